The van der Waals surface area contributed by atoms with E-state index in [1.54, 1.807) is 7.11 Å². The van der Waals surface area contributed by atoms with E-state index in [0.29, 0.717) is 17.4 Å². The van der Waals surface area contributed by atoms with E-state index in [0.717, 1.165) is 29.4 Å². The molecule has 104 valence electrons. The summed E-state index contributed by atoms with van der Waals surface area (Å²) in [6.45, 7) is 0. The Hall–Kier alpha value is -1.63. The summed E-state index contributed by atoms with van der Waals surface area (Å²) in [7, 11) is 1.62. The van der Waals surface area contributed by atoms with E-state index >= 15 is 0 Å². The molecule has 1 aromatic heterocycles. The van der Waals surface area contributed by atoms with Gasteiger partial charge in [0.15, 0.2) is 11.4 Å². The first kappa shape index (κ1) is 12.1. The second kappa shape index (κ2) is 4.44. The molecule has 4 nitrogen and oxygen atoms in total. The second-order valence-corrected chi connectivity index (χ2v) is 6.71. The molecule has 0 spiro atoms. The first-order valence-corrected chi connectivity index (χ1v) is 7.59. The highest BCUT2D eigenvalue weighted by Gasteiger charge is 2.50. The van der Waals surface area contributed by atoms with Crippen LogP contribution in [0.4, 0.5) is 0 Å². The van der Waals surface area contributed by atoms with Crippen LogP contribution in [0.2, 0.25) is 0 Å². The van der Waals surface area contributed by atoms with Crippen molar-refractivity contribution in [3.05, 3.63) is 17.7 Å². The minimum absolute atomic E-state index is 0.381. The Kier molecular flexibility index (Phi) is 2.70. The predicted molar refractivity (Wildman–Crippen MR) is 73.1 cm³/mol. The smallest absolute Gasteiger partial charge is 0.186 e. The monoisotopic (exact) mass is 269 g/mol. The summed E-state index contributed by atoms with van der Waals surface area (Å²) < 4.78 is 5.48. The second-order valence-electron chi connectivity index (χ2n) is 6.71. The van der Waals surface area contributed by atoms with Crippen molar-refractivity contribution in [2.75, 3.05) is 7.11 Å². The van der Waals surface area contributed by atoms with Crippen LogP contribution in [0.25, 0.3) is 0 Å². The maximum atomic E-state index is 9.20. The van der Waals surface area contributed by atoms with E-state index < -0.39 is 0 Å². The number of methoxy groups -OCH3 is 1. The van der Waals surface area contributed by atoms with Crippen LogP contribution in [-0.4, -0.2) is 17.1 Å². The highest BCUT2D eigenvalue weighted by Crippen LogP contribution is 2.60. The minimum Gasteiger partial charge on any atom is -0.492 e. The molecule has 0 atom stereocenters. The van der Waals surface area contributed by atoms with Gasteiger partial charge in [-0.2, -0.15) is 5.26 Å². The predicted octanol–water partition coefficient (Wildman–Crippen LogP) is 2.90. The summed E-state index contributed by atoms with van der Waals surface area (Å²) in [6.07, 6.45) is 8.34. The van der Waals surface area contributed by atoms with Gasteiger partial charge in [-0.1, -0.05) is 0 Å². The average molecular weight is 269 g/mol. The highest BCUT2D eigenvalue weighted by atomic mass is 16.5. The van der Waals surface area contributed by atoms with Crippen LogP contribution in [0.3, 0.4) is 0 Å². The van der Waals surface area contributed by atoms with Gasteiger partial charge in [0.1, 0.15) is 12.4 Å². The lowest BCUT2D eigenvalue weighted by atomic mass is 9.51. The summed E-state index contributed by atoms with van der Waals surface area (Å²) in [5.41, 5.74) is 1.37. The number of aromatic nitrogens is 2. The maximum absolute atomic E-state index is 9.20. The van der Waals surface area contributed by atoms with E-state index in [9.17, 15) is 5.26 Å². The number of hydrogen-bond acceptors (Lipinski definition) is 4. The minimum atomic E-state index is 0.381. The Morgan fingerprint density at radius 3 is 2.30 bits per heavy atom. The zero-order valence-electron chi connectivity index (χ0n) is 11.7. The fraction of sp³-hybridized carbons (Fsp3) is 0.688. The Morgan fingerprint density at radius 1 is 1.10 bits per heavy atom. The molecule has 5 rings (SSSR count). The zero-order valence-corrected chi connectivity index (χ0v) is 11.7. The fourth-order valence-electron chi connectivity index (χ4n) is 5.28. The van der Waals surface area contributed by atoms with Gasteiger partial charge >= 0.3 is 0 Å². The van der Waals surface area contributed by atoms with Crippen molar-refractivity contribution in [2.45, 2.75) is 38.0 Å². The topological polar surface area (TPSA) is 58.8 Å². The van der Waals surface area contributed by atoms with Crippen LogP contribution in [-0.2, 0) is 0 Å². The number of nitriles is 1. The van der Waals surface area contributed by atoms with Crippen LogP contribution in [0.1, 0.15) is 49.4 Å². The molecule has 0 amide bonds. The summed E-state index contributed by atoms with van der Waals surface area (Å²) in [6, 6.07) is 2.13. The number of rotatable bonds is 2. The molecule has 0 saturated heterocycles. The van der Waals surface area contributed by atoms with Gasteiger partial charge in [-0.15, -0.1) is 0 Å². The van der Waals surface area contributed by atoms with Crippen molar-refractivity contribution in [1.29, 1.82) is 5.26 Å². The van der Waals surface area contributed by atoms with Gasteiger partial charge in [0.25, 0.3) is 0 Å². The first-order valence-electron chi connectivity index (χ1n) is 7.59. The fourth-order valence-corrected chi connectivity index (χ4v) is 5.28. The molecule has 0 aliphatic heterocycles. The van der Waals surface area contributed by atoms with E-state index in [4.69, 9.17) is 4.74 Å². The van der Waals surface area contributed by atoms with Gasteiger partial charge in [0, 0.05) is 5.92 Å². The van der Waals surface area contributed by atoms with Gasteiger partial charge in [-0.3, -0.25) is 0 Å². The van der Waals surface area contributed by atoms with Crippen molar-refractivity contribution in [3.8, 4) is 11.8 Å². The van der Waals surface area contributed by atoms with Gasteiger partial charge in [0.2, 0.25) is 0 Å². The molecule has 0 aromatic carbocycles. The van der Waals surface area contributed by atoms with E-state index in [1.165, 1.54) is 38.4 Å². The van der Waals surface area contributed by atoms with Gasteiger partial charge in [0.05, 0.1) is 12.8 Å². The molecule has 4 heteroatoms. The lowest BCUT2D eigenvalue weighted by molar-refractivity contribution is -0.00498. The Balaban J connectivity index is 1.76. The Labute approximate surface area is 119 Å². The lowest BCUT2D eigenvalue weighted by Crippen LogP contribution is -2.44. The van der Waals surface area contributed by atoms with Crippen LogP contribution in [0, 0.1) is 35.0 Å². The molecule has 0 unspecified atom stereocenters. The number of nitrogens with zero attached hydrogens (tertiary/aromatic N) is 3. The molecule has 4 aliphatic carbocycles. The maximum Gasteiger partial charge on any atom is 0.186 e. The Morgan fingerprint density at radius 2 is 1.75 bits per heavy atom. The highest BCUT2D eigenvalue weighted by molar-refractivity contribution is 5.42. The molecule has 1 heterocycles. The third-order valence-electron chi connectivity index (χ3n) is 5.68. The van der Waals surface area contributed by atoms with Crippen LogP contribution in [0.15, 0.2) is 6.33 Å². The standard InChI is InChI=1S/C16H19N3O/c1-20-16-13(7-17)18-8-19-15(16)14-11-3-9-2-10(5-11)6-12(14)4-9/h8-12,14H,2-6H2,1H3. The molecule has 4 aliphatic rings. The molecule has 4 saturated carbocycles. The van der Waals surface area contributed by atoms with Gasteiger partial charge < -0.3 is 4.74 Å². The normalized spacial score (nSPS) is 37.7. The number of ether oxygens (including phenoxy) is 1. The zero-order chi connectivity index (χ0) is 13.7. The lowest BCUT2D eigenvalue weighted by Gasteiger charge is -2.54. The van der Waals surface area contributed by atoms with Crippen molar-refractivity contribution in [2.24, 2.45) is 23.7 Å². The third kappa shape index (κ3) is 1.65. The average Bonchev–Trinajstić information content (AvgIpc) is 2.45. The van der Waals surface area contributed by atoms with Gasteiger partial charge in [-0.25, -0.2) is 9.97 Å². The van der Waals surface area contributed by atoms with Crippen LogP contribution < -0.4 is 4.74 Å². The molecule has 1 aromatic rings. The van der Waals surface area contributed by atoms with E-state index in [1.807, 2.05) is 0 Å². The molecule has 4 fully saturated rings. The van der Waals surface area contributed by atoms with Crippen molar-refractivity contribution in [1.82, 2.24) is 9.97 Å². The largest absolute Gasteiger partial charge is 0.492 e. The van der Waals surface area contributed by atoms with Crippen LogP contribution >= 0.6 is 0 Å². The molecule has 0 N–H and O–H groups in total. The molecule has 0 radical (unpaired) electrons. The van der Waals surface area contributed by atoms with Crippen LogP contribution in [0.5, 0.6) is 5.75 Å². The first-order chi connectivity index (χ1) is 9.80. The summed E-state index contributed by atoms with van der Waals surface area (Å²) in [5.74, 6) is 4.46. The van der Waals surface area contributed by atoms with Crippen molar-refractivity contribution < 1.29 is 4.74 Å². The Bertz CT molecular complexity index is 550. The SMILES string of the molecule is COc1c(C#N)ncnc1C1C2CC3CC(C2)CC1C3. The molecular formula is C16H19N3O. The van der Waals surface area contributed by atoms with Crippen molar-refractivity contribution >= 4 is 0 Å². The molecule has 20 heavy (non-hydrogen) atoms. The summed E-state index contributed by atoms with van der Waals surface area (Å²) in [4.78, 5) is 8.56. The summed E-state index contributed by atoms with van der Waals surface area (Å²) >= 11 is 0. The molecular weight excluding hydrogens is 250 g/mol. The quantitative estimate of drug-likeness (QED) is 0.828. The van der Waals surface area contributed by atoms with E-state index in [2.05, 4.69) is 16.0 Å². The third-order valence-corrected chi connectivity index (χ3v) is 5.68. The van der Waals surface area contributed by atoms with Gasteiger partial charge in [-0.05, 0) is 55.8 Å². The van der Waals surface area contributed by atoms with E-state index in [-0.39, 0.29) is 0 Å². The number of hydrogen-bond donors (Lipinski definition) is 0. The summed E-state index contributed by atoms with van der Waals surface area (Å²) in [5, 5.41) is 9.20. The molecule has 4 bridgehead atoms. The van der Waals surface area contributed by atoms with Crippen molar-refractivity contribution in [3.63, 3.8) is 0 Å².